The predicted octanol–water partition coefficient (Wildman–Crippen LogP) is 1.11. The lowest BCUT2D eigenvalue weighted by Crippen LogP contribution is -2.53. The number of nitrogens with one attached hydrogen (secondary N) is 1. The van der Waals surface area contributed by atoms with Crippen LogP contribution in [-0.2, 0) is 9.47 Å². The molecule has 162 valence electrons. The number of rotatable bonds is 7. The lowest BCUT2D eigenvalue weighted by atomic mass is 10.1. The third-order valence-electron chi connectivity index (χ3n) is 6.14. The van der Waals surface area contributed by atoms with Crippen LogP contribution in [0.5, 0.6) is 0 Å². The maximum atomic E-state index is 6.00. The Labute approximate surface area is 171 Å². The van der Waals surface area contributed by atoms with E-state index in [0.29, 0.717) is 5.92 Å². The molecule has 0 aromatic rings. The molecule has 0 aliphatic carbocycles. The molecular formula is C21H41N5O2. The molecule has 3 heterocycles. The van der Waals surface area contributed by atoms with Crippen molar-refractivity contribution in [2.45, 2.75) is 45.8 Å². The smallest absolute Gasteiger partial charge is 0.194 e. The number of morpholine rings is 1. The van der Waals surface area contributed by atoms with Crippen LogP contribution in [0.2, 0.25) is 0 Å². The van der Waals surface area contributed by atoms with Gasteiger partial charge in [0.2, 0.25) is 0 Å². The molecule has 7 nitrogen and oxygen atoms in total. The van der Waals surface area contributed by atoms with E-state index >= 15 is 0 Å². The summed E-state index contributed by atoms with van der Waals surface area (Å²) >= 11 is 0. The zero-order valence-corrected chi connectivity index (χ0v) is 18.2. The third kappa shape index (κ3) is 6.31. The first-order chi connectivity index (χ1) is 13.7. The Bertz CT molecular complexity index is 475. The van der Waals surface area contributed by atoms with Crippen LogP contribution in [0.25, 0.3) is 0 Å². The average molecular weight is 396 g/mol. The highest BCUT2D eigenvalue weighted by atomic mass is 16.5. The maximum Gasteiger partial charge on any atom is 0.194 e. The molecule has 1 N–H and O–H groups in total. The number of aliphatic imine (C=N–C) groups is 1. The van der Waals surface area contributed by atoms with Crippen LogP contribution >= 0.6 is 0 Å². The molecule has 0 saturated carbocycles. The van der Waals surface area contributed by atoms with Gasteiger partial charge in [0.05, 0.1) is 12.7 Å². The quantitative estimate of drug-likeness (QED) is 0.515. The van der Waals surface area contributed by atoms with Crippen LogP contribution in [0.3, 0.4) is 0 Å². The molecule has 7 heteroatoms. The van der Waals surface area contributed by atoms with E-state index in [1.54, 1.807) is 0 Å². The molecular weight excluding hydrogens is 354 g/mol. The second-order valence-electron chi connectivity index (χ2n) is 8.44. The van der Waals surface area contributed by atoms with Gasteiger partial charge in [0, 0.05) is 65.5 Å². The minimum Gasteiger partial charge on any atom is -0.375 e. The van der Waals surface area contributed by atoms with Gasteiger partial charge in [-0.1, -0.05) is 13.8 Å². The second kappa shape index (κ2) is 11.3. The maximum absolute atomic E-state index is 6.00. The van der Waals surface area contributed by atoms with Gasteiger partial charge in [-0.2, -0.15) is 0 Å². The highest BCUT2D eigenvalue weighted by Crippen LogP contribution is 2.21. The molecule has 3 unspecified atom stereocenters. The molecule has 0 amide bonds. The first-order valence-corrected chi connectivity index (χ1v) is 11.4. The minimum absolute atomic E-state index is 0.174. The Morgan fingerprint density at radius 2 is 1.79 bits per heavy atom. The van der Waals surface area contributed by atoms with Gasteiger partial charge in [-0.3, -0.25) is 4.99 Å². The fraction of sp³-hybridized carbons (Fsp3) is 0.952. The molecule has 3 saturated heterocycles. The number of nitrogens with zero attached hydrogens (tertiary/aromatic N) is 4. The Hall–Kier alpha value is -0.890. The first kappa shape index (κ1) is 21.8. The van der Waals surface area contributed by atoms with Crippen molar-refractivity contribution >= 4 is 5.96 Å². The Balaban J connectivity index is 1.48. The summed E-state index contributed by atoms with van der Waals surface area (Å²) in [4.78, 5) is 12.5. The molecule has 0 bridgehead atoms. The van der Waals surface area contributed by atoms with Crippen molar-refractivity contribution in [3.8, 4) is 0 Å². The third-order valence-corrected chi connectivity index (χ3v) is 6.14. The monoisotopic (exact) mass is 395 g/mol. The van der Waals surface area contributed by atoms with Crippen molar-refractivity contribution in [3.63, 3.8) is 0 Å². The Morgan fingerprint density at radius 1 is 1.04 bits per heavy atom. The van der Waals surface area contributed by atoms with E-state index in [0.717, 1.165) is 64.7 Å². The SMILES string of the molecule is CCNC(=NCC(C)CN1CCN(CC)CC1)N1CCOC(C2CCCO2)C1. The molecule has 0 spiro atoms. The van der Waals surface area contributed by atoms with Crippen molar-refractivity contribution in [2.24, 2.45) is 10.9 Å². The molecule has 0 radical (unpaired) electrons. The van der Waals surface area contributed by atoms with E-state index in [-0.39, 0.29) is 12.2 Å². The summed E-state index contributed by atoms with van der Waals surface area (Å²) in [6.07, 6.45) is 2.70. The number of guanidine groups is 1. The summed E-state index contributed by atoms with van der Waals surface area (Å²) in [6, 6.07) is 0. The number of piperazine rings is 1. The second-order valence-corrected chi connectivity index (χ2v) is 8.44. The fourth-order valence-corrected chi connectivity index (χ4v) is 4.44. The molecule has 3 atom stereocenters. The van der Waals surface area contributed by atoms with E-state index < -0.39 is 0 Å². The molecule has 3 aliphatic heterocycles. The highest BCUT2D eigenvalue weighted by Gasteiger charge is 2.32. The van der Waals surface area contributed by atoms with Gasteiger partial charge in [-0.25, -0.2) is 0 Å². The molecule has 3 fully saturated rings. The molecule has 0 aromatic carbocycles. The van der Waals surface area contributed by atoms with Crippen LogP contribution < -0.4 is 5.32 Å². The van der Waals surface area contributed by atoms with Crippen LogP contribution in [0, 0.1) is 5.92 Å². The first-order valence-electron chi connectivity index (χ1n) is 11.4. The van der Waals surface area contributed by atoms with Crippen LogP contribution in [0.4, 0.5) is 0 Å². The summed E-state index contributed by atoms with van der Waals surface area (Å²) in [5, 5.41) is 3.50. The van der Waals surface area contributed by atoms with Crippen molar-refractivity contribution < 1.29 is 9.47 Å². The zero-order chi connectivity index (χ0) is 19.8. The summed E-state index contributed by atoms with van der Waals surface area (Å²) in [6.45, 7) is 19.0. The molecule has 28 heavy (non-hydrogen) atoms. The van der Waals surface area contributed by atoms with Gasteiger partial charge in [0.1, 0.15) is 6.10 Å². The van der Waals surface area contributed by atoms with Crippen LogP contribution in [0.1, 0.15) is 33.6 Å². The summed E-state index contributed by atoms with van der Waals surface area (Å²) in [5.41, 5.74) is 0. The lowest BCUT2D eigenvalue weighted by Gasteiger charge is -2.37. The van der Waals surface area contributed by atoms with E-state index in [1.165, 1.54) is 32.7 Å². The molecule has 3 aliphatic rings. The summed E-state index contributed by atoms with van der Waals surface area (Å²) in [7, 11) is 0. The van der Waals surface area contributed by atoms with E-state index in [1.807, 2.05) is 0 Å². The standard InChI is InChI=1S/C21H41N5O2/c1-4-22-21(26-12-14-28-20(17-26)19-7-6-13-27-19)23-15-18(3)16-25-10-8-24(5-2)9-11-25/h18-20H,4-17H2,1-3H3,(H,22,23). The average Bonchev–Trinajstić information content (AvgIpc) is 3.27. The lowest BCUT2D eigenvalue weighted by molar-refractivity contribution is -0.0817. The van der Waals surface area contributed by atoms with E-state index in [9.17, 15) is 0 Å². The molecule has 0 aromatic heterocycles. The number of ether oxygens (including phenoxy) is 2. The normalized spacial score (nSPS) is 29.2. The van der Waals surface area contributed by atoms with Crippen molar-refractivity contribution in [2.75, 3.05) is 78.7 Å². The largest absolute Gasteiger partial charge is 0.375 e. The number of hydrogen-bond acceptors (Lipinski definition) is 5. The summed E-state index contributed by atoms with van der Waals surface area (Å²) in [5.74, 6) is 1.60. The minimum atomic E-state index is 0.174. The van der Waals surface area contributed by atoms with Crippen LogP contribution in [0.15, 0.2) is 4.99 Å². The topological polar surface area (TPSA) is 52.6 Å². The van der Waals surface area contributed by atoms with Gasteiger partial charge < -0.3 is 29.5 Å². The molecule has 3 rings (SSSR count). The zero-order valence-electron chi connectivity index (χ0n) is 18.2. The van der Waals surface area contributed by atoms with Gasteiger partial charge in [-0.05, 0) is 32.2 Å². The van der Waals surface area contributed by atoms with Crippen molar-refractivity contribution in [1.29, 1.82) is 0 Å². The number of likely N-dealkylation sites (N-methyl/N-ethyl adjacent to an activating group) is 1. The van der Waals surface area contributed by atoms with E-state index in [4.69, 9.17) is 14.5 Å². The van der Waals surface area contributed by atoms with Crippen molar-refractivity contribution in [1.82, 2.24) is 20.0 Å². The Kier molecular flexibility index (Phi) is 8.83. The van der Waals surface area contributed by atoms with Crippen molar-refractivity contribution in [3.05, 3.63) is 0 Å². The van der Waals surface area contributed by atoms with Gasteiger partial charge >= 0.3 is 0 Å². The van der Waals surface area contributed by atoms with Gasteiger partial charge in [0.15, 0.2) is 5.96 Å². The van der Waals surface area contributed by atoms with Gasteiger partial charge in [0.25, 0.3) is 0 Å². The number of hydrogen-bond donors (Lipinski definition) is 1. The highest BCUT2D eigenvalue weighted by molar-refractivity contribution is 5.80. The van der Waals surface area contributed by atoms with Gasteiger partial charge in [-0.15, -0.1) is 0 Å². The van der Waals surface area contributed by atoms with E-state index in [2.05, 4.69) is 40.8 Å². The summed E-state index contributed by atoms with van der Waals surface area (Å²) < 4.78 is 11.9. The Morgan fingerprint density at radius 3 is 2.46 bits per heavy atom. The van der Waals surface area contributed by atoms with Crippen LogP contribution in [-0.4, -0.2) is 112 Å². The predicted molar refractivity (Wildman–Crippen MR) is 114 cm³/mol. The fourth-order valence-electron chi connectivity index (χ4n) is 4.44.